The highest BCUT2D eigenvalue weighted by molar-refractivity contribution is 6.34. The van der Waals surface area contributed by atoms with E-state index in [2.05, 4.69) is 9.97 Å². The van der Waals surface area contributed by atoms with Crippen molar-refractivity contribution >= 4 is 22.4 Å². The van der Waals surface area contributed by atoms with Crippen molar-refractivity contribution in [3.63, 3.8) is 0 Å². The Morgan fingerprint density at radius 3 is 2.57 bits per heavy atom. The molecule has 21 heavy (non-hydrogen) atoms. The van der Waals surface area contributed by atoms with E-state index >= 15 is 0 Å². The lowest BCUT2D eigenvalue weighted by molar-refractivity contribution is 0.400. The molecule has 2 heterocycles. The van der Waals surface area contributed by atoms with E-state index in [9.17, 15) is 4.39 Å². The van der Waals surface area contributed by atoms with Crippen LogP contribution in [0.1, 0.15) is 0 Å². The zero-order valence-corrected chi connectivity index (χ0v) is 11.8. The first kappa shape index (κ1) is 13.6. The maximum atomic E-state index is 13.9. The van der Waals surface area contributed by atoms with Crippen molar-refractivity contribution in [2.75, 3.05) is 7.11 Å². The minimum Gasteiger partial charge on any atom is -0.497 e. The summed E-state index contributed by atoms with van der Waals surface area (Å²) in [7, 11) is 1.47. The molecule has 0 aliphatic heterocycles. The van der Waals surface area contributed by atoms with E-state index in [0.717, 1.165) is 5.39 Å². The molecule has 1 aromatic carbocycles. The third kappa shape index (κ3) is 2.60. The molecule has 0 atom stereocenters. The van der Waals surface area contributed by atoms with E-state index in [0.29, 0.717) is 11.1 Å². The number of hydrogen-bond donors (Lipinski definition) is 0. The fraction of sp³-hybridized carbons (Fsp3) is 0.0667. The number of halogens is 2. The molecule has 0 aliphatic carbocycles. The molecule has 0 spiro atoms. The first-order chi connectivity index (χ1) is 10.2. The summed E-state index contributed by atoms with van der Waals surface area (Å²) in [5.41, 5.74) is 0. The summed E-state index contributed by atoms with van der Waals surface area (Å²) in [4.78, 5) is 8.09. The Kier molecular flexibility index (Phi) is 3.58. The smallest absolute Gasteiger partial charge is 0.230 e. The lowest BCUT2D eigenvalue weighted by Crippen LogP contribution is -1.94. The molecule has 0 fully saturated rings. The topological polar surface area (TPSA) is 44.2 Å². The monoisotopic (exact) mass is 304 g/mol. The van der Waals surface area contributed by atoms with Crippen molar-refractivity contribution in [3.8, 4) is 17.4 Å². The van der Waals surface area contributed by atoms with E-state index in [1.165, 1.54) is 19.2 Å². The van der Waals surface area contributed by atoms with Gasteiger partial charge in [-0.2, -0.15) is 0 Å². The molecule has 3 rings (SSSR count). The van der Waals surface area contributed by atoms with Crippen molar-refractivity contribution in [3.05, 3.63) is 53.7 Å². The molecule has 0 aliphatic rings. The molecule has 0 unspecified atom stereocenters. The molecular formula is C15H10ClFN2O2. The zero-order chi connectivity index (χ0) is 14.8. The maximum absolute atomic E-state index is 13.9. The summed E-state index contributed by atoms with van der Waals surface area (Å²) in [5.74, 6) is 0.101. The number of nitrogens with zero attached hydrogens (tertiary/aromatic N) is 2. The minimum absolute atomic E-state index is 0.0377. The highest BCUT2D eigenvalue weighted by Gasteiger charge is 2.12. The quantitative estimate of drug-likeness (QED) is 0.679. The Bertz CT molecular complexity index is 806. The van der Waals surface area contributed by atoms with Crippen LogP contribution in [0.25, 0.3) is 10.8 Å². The van der Waals surface area contributed by atoms with Gasteiger partial charge in [0.05, 0.1) is 12.5 Å². The van der Waals surface area contributed by atoms with Gasteiger partial charge in [-0.3, -0.25) is 0 Å². The van der Waals surface area contributed by atoms with Crippen molar-refractivity contribution in [1.29, 1.82) is 0 Å². The fourth-order valence-electron chi connectivity index (χ4n) is 1.92. The van der Waals surface area contributed by atoms with Gasteiger partial charge in [-0.25, -0.2) is 14.4 Å². The summed E-state index contributed by atoms with van der Waals surface area (Å²) >= 11 is 6.07. The van der Waals surface area contributed by atoms with Gasteiger partial charge in [0.1, 0.15) is 10.9 Å². The predicted molar refractivity (Wildman–Crippen MR) is 77.6 cm³/mol. The lowest BCUT2D eigenvalue weighted by atomic mass is 10.2. The molecular weight excluding hydrogens is 295 g/mol. The first-order valence-corrected chi connectivity index (χ1v) is 6.47. The van der Waals surface area contributed by atoms with E-state index in [-0.39, 0.29) is 16.8 Å². The number of methoxy groups -OCH3 is 1. The van der Waals surface area contributed by atoms with E-state index < -0.39 is 5.82 Å². The Hall–Kier alpha value is -2.40. The number of ether oxygens (including phenoxy) is 2. The van der Waals surface area contributed by atoms with Crippen LogP contribution in [0.15, 0.2) is 42.7 Å². The molecule has 4 nitrogen and oxygen atoms in total. The zero-order valence-electron chi connectivity index (χ0n) is 11.0. The highest BCUT2D eigenvalue weighted by Crippen LogP contribution is 2.33. The van der Waals surface area contributed by atoms with Gasteiger partial charge in [-0.1, -0.05) is 11.6 Å². The van der Waals surface area contributed by atoms with Crippen molar-refractivity contribution in [1.82, 2.24) is 9.97 Å². The van der Waals surface area contributed by atoms with Crippen LogP contribution in [-0.4, -0.2) is 17.1 Å². The maximum Gasteiger partial charge on any atom is 0.230 e. The van der Waals surface area contributed by atoms with Crippen molar-refractivity contribution < 1.29 is 13.9 Å². The molecule has 0 radical (unpaired) electrons. The molecule has 0 amide bonds. The third-order valence-electron chi connectivity index (χ3n) is 2.94. The molecule has 106 valence electrons. The second kappa shape index (κ2) is 5.54. The van der Waals surface area contributed by atoms with Gasteiger partial charge in [0.15, 0.2) is 11.6 Å². The van der Waals surface area contributed by atoms with Crippen LogP contribution in [0, 0.1) is 5.82 Å². The largest absolute Gasteiger partial charge is 0.497 e. The average molecular weight is 305 g/mol. The summed E-state index contributed by atoms with van der Waals surface area (Å²) in [6.07, 6.45) is 3.15. The molecule has 3 aromatic rings. The van der Waals surface area contributed by atoms with Gasteiger partial charge in [0.25, 0.3) is 0 Å². The van der Waals surface area contributed by atoms with Crippen LogP contribution in [0.4, 0.5) is 4.39 Å². The van der Waals surface area contributed by atoms with Crippen molar-refractivity contribution in [2.45, 2.75) is 0 Å². The molecule has 0 bridgehead atoms. The highest BCUT2D eigenvalue weighted by atomic mass is 35.5. The number of pyridine rings is 2. The van der Waals surface area contributed by atoms with Crippen LogP contribution in [0.3, 0.4) is 0 Å². The van der Waals surface area contributed by atoms with Gasteiger partial charge < -0.3 is 9.47 Å². The number of rotatable bonds is 3. The van der Waals surface area contributed by atoms with Crippen LogP contribution in [-0.2, 0) is 0 Å². The first-order valence-electron chi connectivity index (χ1n) is 6.09. The molecule has 6 heteroatoms. The Morgan fingerprint density at radius 2 is 1.86 bits per heavy atom. The lowest BCUT2D eigenvalue weighted by Gasteiger charge is -2.10. The van der Waals surface area contributed by atoms with Crippen LogP contribution >= 0.6 is 11.6 Å². The van der Waals surface area contributed by atoms with Gasteiger partial charge in [0.2, 0.25) is 5.88 Å². The number of benzene rings is 1. The van der Waals surface area contributed by atoms with Gasteiger partial charge in [-0.15, -0.1) is 0 Å². The van der Waals surface area contributed by atoms with E-state index in [1.807, 2.05) is 0 Å². The Morgan fingerprint density at radius 1 is 1.10 bits per heavy atom. The van der Waals surface area contributed by atoms with E-state index in [4.69, 9.17) is 21.1 Å². The van der Waals surface area contributed by atoms with Crippen LogP contribution in [0.2, 0.25) is 5.15 Å². The normalized spacial score (nSPS) is 10.6. The molecule has 2 aromatic heterocycles. The number of fused-ring (bicyclic) bond motifs is 1. The summed E-state index contributed by atoms with van der Waals surface area (Å²) in [6, 6.07) is 7.86. The number of aromatic nitrogens is 2. The second-order valence-corrected chi connectivity index (χ2v) is 4.57. The standard InChI is InChI=1S/C15H10ClFN2O2/c1-20-10-2-3-12(11(17)8-10)21-15-13-9(5-7-19-15)4-6-18-14(13)16/h2-8H,1H3. The molecule has 0 N–H and O–H groups in total. The molecule has 0 saturated heterocycles. The SMILES string of the molecule is COc1ccc(Oc2nccc3ccnc(Cl)c23)c(F)c1. The van der Waals surface area contributed by atoms with Crippen molar-refractivity contribution in [2.24, 2.45) is 0 Å². The average Bonchev–Trinajstić information content (AvgIpc) is 2.49. The summed E-state index contributed by atoms with van der Waals surface area (Å²) in [6.45, 7) is 0. The Balaban J connectivity index is 2.06. The van der Waals surface area contributed by atoms with Gasteiger partial charge in [0, 0.05) is 18.5 Å². The van der Waals surface area contributed by atoms with Gasteiger partial charge >= 0.3 is 0 Å². The minimum atomic E-state index is -0.548. The Labute approximate surface area is 125 Å². The van der Waals surface area contributed by atoms with Gasteiger partial charge in [-0.05, 0) is 29.7 Å². The summed E-state index contributed by atoms with van der Waals surface area (Å²) in [5, 5.41) is 1.61. The van der Waals surface area contributed by atoms with E-state index in [1.54, 1.807) is 30.6 Å². The molecule has 0 saturated carbocycles. The van der Waals surface area contributed by atoms with Crippen LogP contribution in [0.5, 0.6) is 17.4 Å². The van der Waals surface area contributed by atoms with Crippen LogP contribution < -0.4 is 9.47 Å². The summed E-state index contributed by atoms with van der Waals surface area (Å²) < 4.78 is 24.4. The second-order valence-electron chi connectivity index (χ2n) is 4.21. The number of hydrogen-bond acceptors (Lipinski definition) is 4. The third-order valence-corrected chi connectivity index (χ3v) is 3.23. The fourth-order valence-corrected chi connectivity index (χ4v) is 2.17. The predicted octanol–water partition coefficient (Wildman–Crippen LogP) is 4.22.